The van der Waals surface area contributed by atoms with Crippen LogP contribution in [0.4, 0.5) is 9.59 Å². The van der Waals surface area contributed by atoms with E-state index < -0.39 is 46.4 Å². The van der Waals surface area contributed by atoms with Crippen LogP contribution in [0.5, 0.6) is 11.5 Å². The van der Waals surface area contributed by atoms with Crippen molar-refractivity contribution in [2.45, 2.75) is 28.2 Å². The lowest BCUT2D eigenvalue weighted by Crippen LogP contribution is -2.33. The summed E-state index contributed by atoms with van der Waals surface area (Å²) in [7, 11) is 2.97. The van der Waals surface area contributed by atoms with Gasteiger partial charge in [-0.1, -0.05) is 13.2 Å². The molecule has 14 nitrogen and oxygen atoms in total. The fourth-order valence-corrected chi connectivity index (χ4v) is 6.58. The summed E-state index contributed by atoms with van der Waals surface area (Å²) in [6.45, 7) is 9.66. The van der Waals surface area contributed by atoms with Gasteiger partial charge in [0.1, 0.15) is 30.6 Å². The van der Waals surface area contributed by atoms with E-state index in [0.717, 1.165) is 23.5 Å². The van der Waals surface area contributed by atoms with Gasteiger partial charge in [-0.25, -0.2) is 19.2 Å². The van der Waals surface area contributed by atoms with E-state index in [0.29, 0.717) is 9.79 Å². The quantitative estimate of drug-likeness (QED) is 0.160. The number of ether oxygens (including phenoxy) is 4. The number of fused-ring (bicyclic) bond motifs is 1. The number of thioether (sulfide) groups is 2. The van der Waals surface area contributed by atoms with E-state index in [1.165, 1.54) is 50.1 Å². The molecule has 0 aromatic heterocycles. The Labute approximate surface area is 250 Å². The molecule has 42 heavy (non-hydrogen) atoms. The first-order chi connectivity index (χ1) is 19.8. The maximum Gasteiger partial charge on any atom is 0.412 e. The maximum absolute atomic E-state index is 12.8. The number of hydrogen-bond acceptors (Lipinski definition) is 12. The lowest BCUT2D eigenvalue weighted by molar-refractivity contribution is -0.141. The largest absolute Gasteiger partial charge is 0.460 e. The van der Waals surface area contributed by atoms with E-state index in [1.807, 2.05) is 0 Å². The van der Waals surface area contributed by atoms with Crippen molar-refractivity contribution < 1.29 is 47.7 Å². The summed E-state index contributed by atoms with van der Waals surface area (Å²) in [4.78, 5) is 74.3. The molecule has 2 aliphatic heterocycles. The second-order valence-electron chi connectivity index (χ2n) is 8.99. The molecular formula is C26H30N4O10S2. The summed E-state index contributed by atoms with van der Waals surface area (Å²) in [5, 5.41) is 7.35. The number of nitrogens with one attached hydrogen (secondary N) is 2. The van der Waals surface area contributed by atoms with E-state index in [4.69, 9.17) is 18.9 Å². The van der Waals surface area contributed by atoms with Gasteiger partial charge in [0.25, 0.3) is 11.8 Å². The Kier molecular flexibility index (Phi) is 10.9. The second kappa shape index (κ2) is 14.1. The Morgan fingerprint density at radius 2 is 1.17 bits per heavy atom. The van der Waals surface area contributed by atoms with Crippen molar-refractivity contribution >= 4 is 59.5 Å². The molecule has 1 fully saturated rings. The molecule has 3 rings (SSSR count). The molecule has 2 heterocycles. The van der Waals surface area contributed by atoms with Gasteiger partial charge in [0, 0.05) is 25.2 Å². The van der Waals surface area contributed by atoms with Gasteiger partial charge in [0.2, 0.25) is 0 Å². The summed E-state index contributed by atoms with van der Waals surface area (Å²) in [6.07, 6.45) is -1.69. The smallest absolute Gasteiger partial charge is 0.412 e. The number of hydrogen-bond donors (Lipinski definition) is 2. The molecule has 1 aromatic rings. The van der Waals surface area contributed by atoms with Crippen LogP contribution in [0.1, 0.15) is 13.8 Å². The van der Waals surface area contributed by atoms with Crippen molar-refractivity contribution in [3.05, 3.63) is 36.4 Å². The molecular weight excluding hydrogens is 592 g/mol. The Morgan fingerprint density at radius 1 is 0.786 bits per heavy atom. The number of benzene rings is 1. The number of amides is 4. The zero-order valence-corrected chi connectivity index (χ0v) is 25.0. The zero-order valence-electron chi connectivity index (χ0n) is 23.3. The number of esters is 2. The van der Waals surface area contributed by atoms with Crippen molar-refractivity contribution in [2.24, 2.45) is 5.92 Å². The normalized spacial score (nSPS) is 14.8. The van der Waals surface area contributed by atoms with Gasteiger partial charge in [-0.15, -0.1) is 23.5 Å². The molecule has 4 amide bonds. The molecule has 0 saturated carbocycles. The highest BCUT2D eigenvalue weighted by Crippen LogP contribution is 2.58. The lowest BCUT2D eigenvalue weighted by Gasteiger charge is -2.17. The molecule has 0 radical (unpaired) electrons. The van der Waals surface area contributed by atoms with E-state index in [2.05, 4.69) is 23.8 Å². The molecule has 0 bridgehead atoms. The van der Waals surface area contributed by atoms with Crippen LogP contribution in [-0.2, 0) is 28.7 Å². The molecule has 1 saturated heterocycles. The topological polar surface area (TPSA) is 170 Å². The minimum atomic E-state index is -1.03. The van der Waals surface area contributed by atoms with Crippen LogP contribution in [0.2, 0.25) is 0 Å². The monoisotopic (exact) mass is 622 g/mol. The van der Waals surface area contributed by atoms with Gasteiger partial charge in [0.05, 0.1) is 27.5 Å². The average molecular weight is 623 g/mol. The van der Waals surface area contributed by atoms with E-state index >= 15 is 0 Å². The van der Waals surface area contributed by atoms with Crippen LogP contribution in [0.3, 0.4) is 0 Å². The summed E-state index contributed by atoms with van der Waals surface area (Å²) in [6, 6.07) is 2.81. The number of rotatable bonds is 11. The summed E-state index contributed by atoms with van der Waals surface area (Å²) >= 11 is 2.25. The minimum Gasteiger partial charge on any atom is -0.460 e. The van der Waals surface area contributed by atoms with Crippen molar-refractivity contribution in [3.8, 4) is 11.5 Å². The van der Waals surface area contributed by atoms with Gasteiger partial charge in [0.15, 0.2) is 0 Å². The molecule has 0 spiro atoms. The molecule has 1 aromatic carbocycles. The predicted octanol–water partition coefficient (Wildman–Crippen LogP) is 2.09. The van der Waals surface area contributed by atoms with Crippen LogP contribution in [0.15, 0.2) is 46.2 Å². The first-order valence-corrected chi connectivity index (χ1v) is 14.2. The summed E-state index contributed by atoms with van der Waals surface area (Å²) < 4.78 is 20.1. The summed E-state index contributed by atoms with van der Waals surface area (Å²) in [5.74, 6) is -2.84. The second-order valence-corrected chi connectivity index (χ2v) is 11.6. The Hall–Kier alpha value is -4.18. The SMILES string of the molecule is C=C(C)C(=O)OCCNC(=O)Oc1ccc(OC(=O)NCCOC(=O)C(=C)C)c2c1SC(C1C(=O)N(C)N(C)C1=O)S2. The predicted molar refractivity (Wildman–Crippen MR) is 151 cm³/mol. The first-order valence-electron chi connectivity index (χ1n) is 12.4. The highest BCUT2D eigenvalue weighted by Gasteiger charge is 2.50. The van der Waals surface area contributed by atoms with Crippen molar-refractivity contribution in [2.75, 3.05) is 40.4 Å². The Bertz CT molecular complexity index is 1240. The van der Waals surface area contributed by atoms with Gasteiger partial charge < -0.3 is 29.6 Å². The lowest BCUT2D eigenvalue weighted by atomic mass is 10.2. The molecule has 2 N–H and O–H groups in total. The van der Waals surface area contributed by atoms with Crippen LogP contribution in [0, 0.1) is 5.92 Å². The van der Waals surface area contributed by atoms with Crippen LogP contribution >= 0.6 is 23.5 Å². The fourth-order valence-electron chi connectivity index (χ4n) is 3.45. The maximum atomic E-state index is 12.8. The van der Waals surface area contributed by atoms with Gasteiger partial charge in [-0.2, -0.15) is 0 Å². The molecule has 0 aliphatic carbocycles. The standard InChI is InChI=1S/C26H30N4O10S2/c1-13(2)22(33)37-11-9-27-25(35)39-15-7-8-16(40-26(36)28-10-12-38-23(34)14(3)4)19-18(15)41-24(42-19)17-20(31)29(5)30(6)21(17)32/h7-8,17,24H,1,3,9-12H2,2,4-6H3,(H,27,35)(H,28,36). The van der Waals surface area contributed by atoms with Crippen LogP contribution in [-0.4, -0.2) is 90.9 Å². The molecule has 0 unspecified atom stereocenters. The number of hydrazine groups is 1. The van der Waals surface area contributed by atoms with E-state index in [-0.39, 0.29) is 48.9 Å². The van der Waals surface area contributed by atoms with E-state index in [9.17, 15) is 28.8 Å². The molecule has 2 aliphatic rings. The molecule has 226 valence electrons. The van der Waals surface area contributed by atoms with Gasteiger partial charge in [-0.05, 0) is 26.0 Å². The minimum absolute atomic E-state index is 0.0304. The third kappa shape index (κ3) is 7.76. The highest BCUT2D eigenvalue weighted by molar-refractivity contribution is 8.19. The van der Waals surface area contributed by atoms with E-state index in [1.54, 1.807) is 0 Å². The Morgan fingerprint density at radius 3 is 1.52 bits per heavy atom. The average Bonchev–Trinajstić information content (AvgIpc) is 3.45. The van der Waals surface area contributed by atoms with Crippen LogP contribution < -0.4 is 20.1 Å². The van der Waals surface area contributed by atoms with Gasteiger partial charge in [-0.3, -0.25) is 19.6 Å². The van der Waals surface area contributed by atoms with Gasteiger partial charge >= 0.3 is 24.1 Å². The molecule has 0 atom stereocenters. The zero-order chi connectivity index (χ0) is 31.1. The summed E-state index contributed by atoms with van der Waals surface area (Å²) in [5.41, 5.74) is 0.437. The van der Waals surface area contributed by atoms with Crippen LogP contribution in [0.25, 0.3) is 0 Å². The number of carbonyl (C=O) groups excluding carboxylic acids is 6. The third-order valence-electron chi connectivity index (χ3n) is 5.71. The third-order valence-corrected chi connectivity index (χ3v) is 8.71. The van der Waals surface area contributed by atoms with Crippen molar-refractivity contribution in [1.29, 1.82) is 0 Å². The van der Waals surface area contributed by atoms with Crippen molar-refractivity contribution in [3.63, 3.8) is 0 Å². The number of carbonyl (C=O) groups is 6. The number of nitrogens with zero attached hydrogens (tertiary/aromatic N) is 2. The highest BCUT2D eigenvalue weighted by atomic mass is 32.2. The fraction of sp³-hybridized carbons (Fsp3) is 0.385. The molecule has 16 heteroatoms. The van der Waals surface area contributed by atoms with Crippen molar-refractivity contribution in [1.82, 2.24) is 20.7 Å². The first kappa shape index (κ1) is 32.3. The Balaban J connectivity index is 1.72.